The van der Waals surface area contributed by atoms with Gasteiger partial charge in [-0.05, 0) is 38.3 Å². The first-order valence-electron chi connectivity index (χ1n) is 10.8. The first-order chi connectivity index (χ1) is 14.9. The summed E-state index contributed by atoms with van der Waals surface area (Å²) in [6, 6.07) is 5.34. The van der Waals surface area contributed by atoms with Crippen molar-refractivity contribution in [3.8, 4) is 11.5 Å². The first-order valence-corrected chi connectivity index (χ1v) is 14.6. The second-order valence-corrected chi connectivity index (χ2v) is 14.7. The molecule has 3 rings (SSSR count). The molecule has 0 radical (unpaired) electrons. The highest BCUT2D eigenvalue weighted by Gasteiger charge is 2.43. The van der Waals surface area contributed by atoms with Crippen LogP contribution in [0, 0.1) is 11.5 Å². The number of rotatable bonds is 2. The minimum atomic E-state index is -1.61. The Morgan fingerprint density at radius 2 is 2.12 bits per heavy atom. The van der Waals surface area contributed by atoms with Crippen molar-refractivity contribution in [2.45, 2.75) is 70.4 Å². The van der Waals surface area contributed by atoms with E-state index in [2.05, 4.69) is 36.4 Å². The summed E-state index contributed by atoms with van der Waals surface area (Å²) in [6.45, 7) is 10.7. The van der Waals surface area contributed by atoms with Crippen LogP contribution in [-0.4, -0.2) is 54.8 Å². The fraction of sp³-hybridized carbons (Fsp3) is 0.522. The standard InChI is InChI=1S/C23H30ClN3O4Si/c1-15-13-17(9-11-31-15)27-19(28)14-23(2,26-21(27)25-22(29)30)18-8-6-7-16(20(18)24)10-12-32(3,4)5/h6-8,15,17H,9,11,13-14H2,1-5H3,(H,25,26)(H,29,30)/t15-,17-,23-/m0/s1. The number of nitrogens with one attached hydrogen (secondary N) is 1. The number of hydrogen-bond donors (Lipinski definition) is 2. The molecule has 0 saturated carbocycles. The molecule has 1 saturated heterocycles. The molecule has 0 bridgehead atoms. The van der Waals surface area contributed by atoms with E-state index >= 15 is 0 Å². The first kappa shape index (κ1) is 24.3. The quantitative estimate of drug-likeness (QED) is 0.495. The Morgan fingerprint density at radius 3 is 2.75 bits per heavy atom. The molecule has 7 nitrogen and oxygen atoms in total. The van der Waals surface area contributed by atoms with Gasteiger partial charge in [0.1, 0.15) is 8.07 Å². The number of carbonyl (C=O) groups is 2. The summed E-state index contributed by atoms with van der Waals surface area (Å²) in [4.78, 5) is 31.1. The highest BCUT2D eigenvalue weighted by atomic mass is 35.5. The zero-order chi connectivity index (χ0) is 23.7. The molecule has 172 valence electrons. The van der Waals surface area contributed by atoms with Crippen molar-refractivity contribution < 1.29 is 19.4 Å². The van der Waals surface area contributed by atoms with Gasteiger partial charge in [-0.25, -0.2) is 9.79 Å². The van der Waals surface area contributed by atoms with Gasteiger partial charge >= 0.3 is 6.09 Å². The van der Waals surface area contributed by atoms with Crippen molar-refractivity contribution >= 4 is 37.6 Å². The monoisotopic (exact) mass is 475 g/mol. The van der Waals surface area contributed by atoms with Crippen molar-refractivity contribution in [3.63, 3.8) is 0 Å². The molecule has 0 aliphatic carbocycles. The average molecular weight is 476 g/mol. The maximum absolute atomic E-state index is 13.3. The van der Waals surface area contributed by atoms with Crippen LogP contribution in [0.25, 0.3) is 0 Å². The van der Waals surface area contributed by atoms with Crippen LogP contribution in [0.15, 0.2) is 23.2 Å². The molecule has 2 aliphatic rings. The molecule has 1 aromatic carbocycles. The smallest absolute Gasteiger partial charge is 0.411 e. The third-order valence-electron chi connectivity index (χ3n) is 5.54. The summed E-state index contributed by atoms with van der Waals surface area (Å²) in [5.74, 6) is 3.02. The lowest BCUT2D eigenvalue weighted by molar-refractivity contribution is -0.133. The number of nitrogens with zero attached hydrogens (tertiary/aromatic N) is 2. The van der Waals surface area contributed by atoms with Gasteiger partial charge in [0.15, 0.2) is 0 Å². The summed E-state index contributed by atoms with van der Waals surface area (Å²) in [5.41, 5.74) is 3.63. The molecular formula is C23H30ClN3O4Si. The van der Waals surface area contributed by atoms with Crippen molar-refractivity contribution in [2.24, 2.45) is 4.99 Å². The molecule has 2 aliphatic heterocycles. The van der Waals surface area contributed by atoms with Crippen LogP contribution in [-0.2, 0) is 15.1 Å². The van der Waals surface area contributed by atoms with Gasteiger partial charge < -0.3 is 9.84 Å². The largest absolute Gasteiger partial charge is 0.465 e. The fourth-order valence-corrected chi connectivity index (χ4v) is 4.94. The van der Waals surface area contributed by atoms with Crippen LogP contribution < -0.4 is 5.32 Å². The molecule has 0 aromatic heterocycles. The third-order valence-corrected chi connectivity index (χ3v) is 6.82. The Kier molecular flexibility index (Phi) is 7.03. The Morgan fingerprint density at radius 1 is 1.41 bits per heavy atom. The second kappa shape index (κ2) is 9.26. The molecular weight excluding hydrogens is 446 g/mol. The number of amides is 2. The number of carbonyl (C=O) groups excluding carboxylic acids is 1. The van der Waals surface area contributed by atoms with Crippen LogP contribution in [0.3, 0.4) is 0 Å². The molecule has 1 fully saturated rings. The van der Waals surface area contributed by atoms with E-state index in [-0.39, 0.29) is 30.4 Å². The van der Waals surface area contributed by atoms with E-state index in [0.29, 0.717) is 35.6 Å². The Balaban J connectivity index is 2.05. The van der Waals surface area contributed by atoms with Crippen molar-refractivity contribution in [1.29, 1.82) is 0 Å². The maximum atomic E-state index is 13.3. The third kappa shape index (κ3) is 5.52. The molecule has 2 N–H and O–H groups in total. The van der Waals surface area contributed by atoms with Crippen LogP contribution >= 0.6 is 11.6 Å². The number of benzene rings is 1. The van der Waals surface area contributed by atoms with E-state index < -0.39 is 19.7 Å². The Bertz CT molecular complexity index is 1010. The molecule has 0 unspecified atom stereocenters. The molecule has 32 heavy (non-hydrogen) atoms. The Hall–Kier alpha value is -2.34. The zero-order valence-corrected chi connectivity index (χ0v) is 20.9. The zero-order valence-electron chi connectivity index (χ0n) is 19.2. The molecule has 1 aromatic rings. The molecule has 0 spiro atoms. The van der Waals surface area contributed by atoms with Gasteiger partial charge in [0.25, 0.3) is 0 Å². The van der Waals surface area contributed by atoms with Gasteiger partial charge in [-0.1, -0.05) is 49.3 Å². The Labute approximate surface area is 195 Å². The van der Waals surface area contributed by atoms with E-state index in [9.17, 15) is 14.7 Å². The predicted molar refractivity (Wildman–Crippen MR) is 128 cm³/mol. The number of hydrogen-bond acceptors (Lipinski definition) is 4. The van der Waals surface area contributed by atoms with E-state index in [1.165, 1.54) is 4.90 Å². The molecule has 2 heterocycles. The number of ether oxygens (including phenoxy) is 1. The summed E-state index contributed by atoms with van der Waals surface area (Å²) in [7, 11) is -1.61. The van der Waals surface area contributed by atoms with Gasteiger partial charge in [-0.3, -0.25) is 15.0 Å². The van der Waals surface area contributed by atoms with Crippen LogP contribution in [0.5, 0.6) is 0 Å². The summed E-state index contributed by atoms with van der Waals surface area (Å²) >= 11 is 6.73. The van der Waals surface area contributed by atoms with Gasteiger partial charge in [0.05, 0.1) is 23.1 Å². The summed E-state index contributed by atoms with van der Waals surface area (Å²) in [5, 5.41) is 12.2. The lowest BCUT2D eigenvalue weighted by atomic mass is 9.86. The van der Waals surface area contributed by atoms with Crippen LogP contribution in [0.1, 0.15) is 44.2 Å². The van der Waals surface area contributed by atoms with Crippen molar-refractivity contribution in [3.05, 3.63) is 34.3 Å². The lowest BCUT2D eigenvalue weighted by Crippen LogP contribution is -2.58. The molecule has 3 atom stereocenters. The highest BCUT2D eigenvalue weighted by molar-refractivity contribution is 6.83. The number of guanidine groups is 1. The average Bonchev–Trinajstić information content (AvgIpc) is 2.65. The summed E-state index contributed by atoms with van der Waals surface area (Å²) in [6.07, 6.45) is 0.0264. The topological polar surface area (TPSA) is 91.2 Å². The van der Waals surface area contributed by atoms with Gasteiger partial charge in [-0.15, -0.1) is 5.54 Å². The lowest BCUT2D eigenvalue weighted by Gasteiger charge is -2.42. The second-order valence-electron chi connectivity index (χ2n) is 9.61. The minimum absolute atomic E-state index is 0.0167. The fourth-order valence-electron chi connectivity index (χ4n) is 4.05. The summed E-state index contributed by atoms with van der Waals surface area (Å²) < 4.78 is 5.59. The highest BCUT2D eigenvalue weighted by Crippen LogP contribution is 2.39. The normalized spacial score (nSPS) is 26.1. The van der Waals surface area contributed by atoms with E-state index in [0.717, 1.165) is 0 Å². The number of carboxylic acid groups (broad SMARTS) is 1. The van der Waals surface area contributed by atoms with Gasteiger partial charge in [0, 0.05) is 18.2 Å². The minimum Gasteiger partial charge on any atom is -0.465 e. The van der Waals surface area contributed by atoms with E-state index in [1.54, 1.807) is 6.92 Å². The maximum Gasteiger partial charge on any atom is 0.411 e. The van der Waals surface area contributed by atoms with E-state index in [1.807, 2.05) is 25.1 Å². The number of halogens is 1. The number of aliphatic imine (C=N–C) groups is 1. The van der Waals surface area contributed by atoms with Gasteiger partial charge in [-0.2, -0.15) is 0 Å². The molecule has 9 heteroatoms. The van der Waals surface area contributed by atoms with Crippen molar-refractivity contribution in [2.75, 3.05) is 6.61 Å². The van der Waals surface area contributed by atoms with Gasteiger partial charge in [0.2, 0.25) is 11.9 Å². The van der Waals surface area contributed by atoms with Crippen molar-refractivity contribution in [1.82, 2.24) is 10.2 Å². The SMILES string of the molecule is C[C@H]1C[C@@H](N2C(=O)C[C@@](C)(c3cccc(C#C[Si](C)(C)C)c3Cl)N=C2NC(=O)O)CCO1. The van der Waals surface area contributed by atoms with Crippen LogP contribution in [0.4, 0.5) is 4.79 Å². The molecule has 2 amide bonds. The predicted octanol–water partition coefficient (Wildman–Crippen LogP) is 4.21. The van der Waals surface area contributed by atoms with Crippen LogP contribution in [0.2, 0.25) is 24.7 Å². The van der Waals surface area contributed by atoms with E-state index in [4.69, 9.17) is 21.3 Å².